The number of nitrogens with two attached hydrogens (primary N) is 1. The van der Waals surface area contributed by atoms with E-state index in [0.717, 1.165) is 0 Å². The van der Waals surface area contributed by atoms with Crippen molar-refractivity contribution in [1.82, 2.24) is 0 Å². The Labute approximate surface area is 87.5 Å². The van der Waals surface area contributed by atoms with Gasteiger partial charge in [0, 0.05) is 12.6 Å². The summed E-state index contributed by atoms with van der Waals surface area (Å²) in [6.07, 6.45) is -5.11. The van der Waals surface area contributed by atoms with Gasteiger partial charge >= 0.3 is 6.18 Å². The molecule has 1 aromatic rings. The summed E-state index contributed by atoms with van der Waals surface area (Å²) < 4.78 is 62.9. The van der Waals surface area contributed by atoms with E-state index in [0.29, 0.717) is 18.2 Å². The van der Waals surface area contributed by atoms with Gasteiger partial charge in [0.1, 0.15) is 11.6 Å². The molecule has 0 bridgehead atoms. The molecule has 0 saturated carbocycles. The van der Waals surface area contributed by atoms with E-state index in [9.17, 15) is 27.1 Å². The SMILES string of the molecule is NCC(O)(c1cc(F)cc(F)c1)C(F)(F)F. The normalized spacial score (nSPS) is 15.9. The van der Waals surface area contributed by atoms with Gasteiger partial charge in [0.15, 0.2) is 5.60 Å². The first kappa shape index (κ1) is 12.9. The highest BCUT2D eigenvalue weighted by Gasteiger charge is 2.54. The number of aliphatic hydroxyl groups is 1. The van der Waals surface area contributed by atoms with E-state index in [2.05, 4.69) is 0 Å². The van der Waals surface area contributed by atoms with E-state index in [-0.39, 0.29) is 0 Å². The molecule has 0 fully saturated rings. The lowest BCUT2D eigenvalue weighted by atomic mass is 9.93. The molecular formula is C9H8F5NO. The zero-order valence-corrected chi connectivity index (χ0v) is 7.85. The van der Waals surface area contributed by atoms with Gasteiger partial charge < -0.3 is 10.8 Å². The van der Waals surface area contributed by atoms with Crippen LogP contribution in [0, 0.1) is 11.6 Å². The van der Waals surface area contributed by atoms with E-state index >= 15 is 0 Å². The third-order valence-corrected chi connectivity index (χ3v) is 2.10. The van der Waals surface area contributed by atoms with Crippen LogP contribution in [-0.4, -0.2) is 17.8 Å². The Kier molecular flexibility index (Phi) is 3.20. The maximum Gasteiger partial charge on any atom is 0.422 e. The van der Waals surface area contributed by atoms with Crippen LogP contribution in [0.3, 0.4) is 0 Å². The van der Waals surface area contributed by atoms with Crippen LogP contribution in [0.25, 0.3) is 0 Å². The van der Waals surface area contributed by atoms with Crippen LogP contribution >= 0.6 is 0 Å². The van der Waals surface area contributed by atoms with Gasteiger partial charge in [-0.2, -0.15) is 13.2 Å². The Morgan fingerprint density at radius 2 is 1.50 bits per heavy atom. The molecule has 0 heterocycles. The van der Waals surface area contributed by atoms with E-state index in [4.69, 9.17) is 5.73 Å². The lowest BCUT2D eigenvalue weighted by Crippen LogP contribution is -2.48. The van der Waals surface area contributed by atoms with Crippen molar-refractivity contribution in [2.75, 3.05) is 6.54 Å². The van der Waals surface area contributed by atoms with Gasteiger partial charge in [-0.05, 0) is 17.7 Å². The van der Waals surface area contributed by atoms with Gasteiger partial charge in [-0.25, -0.2) is 8.78 Å². The van der Waals surface area contributed by atoms with Gasteiger partial charge in [-0.15, -0.1) is 0 Å². The topological polar surface area (TPSA) is 46.2 Å². The molecule has 0 aliphatic heterocycles. The van der Waals surface area contributed by atoms with E-state index < -0.39 is 35.5 Å². The highest BCUT2D eigenvalue weighted by atomic mass is 19.4. The first-order chi connectivity index (χ1) is 7.20. The Balaban J connectivity index is 3.34. The molecule has 90 valence electrons. The monoisotopic (exact) mass is 241 g/mol. The van der Waals surface area contributed by atoms with Crippen LogP contribution in [0.2, 0.25) is 0 Å². The quantitative estimate of drug-likeness (QED) is 0.774. The van der Waals surface area contributed by atoms with Crippen LogP contribution in [0.4, 0.5) is 22.0 Å². The highest BCUT2D eigenvalue weighted by Crippen LogP contribution is 2.38. The fourth-order valence-corrected chi connectivity index (χ4v) is 1.19. The minimum Gasteiger partial charge on any atom is -0.375 e. The first-order valence-electron chi connectivity index (χ1n) is 4.16. The Hall–Kier alpha value is -1.21. The van der Waals surface area contributed by atoms with Gasteiger partial charge in [-0.3, -0.25) is 0 Å². The molecule has 0 aromatic heterocycles. The summed E-state index contributed by atoms with van der Waals surface area (Å²) in [7, 11) is 0. The molecule has 16 heavy (non-hydrogen) atoms. The summed E-state index contributed by atoms with van der Waals surface area (Å²) in [6, 6.07) is 1.18. The summed E-state index contributed by atoms with van der Waals surface area (Å²) in [5.74, 6) is -2.43. The Morgan fingerprint density at radius 3 is 1.81 bits per heavy atom. The van der Waals surface area contributed by atoms with Crippen LogP contribution in [0.15, 0.2) is 18.2 Å². The van der Waals surface area contributed by atoms with Crippen LogP contribution < -0.4 is 5.73 Å². The molecule has 2 nitrogen and oxygen atoms in total. The molecule has 1 unspecified atom stereocenters. The molecule has 0 amide bonds. The smallest absolute Gasteiger partial charge is 0.375 e. The van der Waals surface area contributed by atoms with E-state index in [1.165, 1.54) is 0 Å². The minimum atomic E-state index is -5.11. The molecule has 1 rings (SSSR count). The fourth-order valence-electron chi connectivity index (χ4n) is 1.19. The summed E-state index contributed by atoms with van der Waals surface area (Å²) in [5.41, 5.74) is 0.404. The third kappa shape index (κ3) is 2.14. The molecule has 0 aliphatic carbocycles. The van der Waals surface area contributed by atoms with Crippen molar-refractivity contribution in [1.29, 1.82) is 0 Å². The van der Waals surface area contributed by atoms with Gasteiger partial charge in [0.2, 0.25) is 0 Å². The number of halogens is 5. The van der Waals surface area contributed by atoms with Crippen molar-refractivity contribution in [3.05, 3.63) is 35.4 Å². The fraction of sp³-hybridized carbons (Fsp3) is 0.333. The zero-order chi connectivity index (χ0) is 12.6. The Bertz CT molecular complexity index is 372. The largest absolute Gasteiger partial charge is 0.422 e. The average molecular weight is 241 g/mol. The van der Waals surface area contributed by atoms with Gasteiger partial charge in [0.05, 0.1) is 0 Å². The second-order valence-electron chi connectivity index (χ2n) is 3.22. The number of hydrogen-bond donors (Lipinski definition) is 2. The molecule has 7 heteroatoms. The lowest BCUT2D eigenvalue weighted by molar-refractivity contribution is -0.262. The van der Waals surface area contributed by atoms with Gasteiger partial charge in [-0.1, -0.05) is 0 Å². The average Bonchev–Trinajstić information content (AvgIpc) is 2.13. The number of hydrogen-bond acceptors (Lipinski definition) is 2. The first-order valence-corrected chi connectivity index (χ1v) is 4.16. The van der Waals surface area contributed by atoms with E-state index in [1.807, 2.05) is 0 Å². The van der Waals surface area contributed by atoms with E-state index in [1.54, 1.807) is 0 Å². The summed E-state index contributed by atoms with van der Waals surface area (Å²) >= 11 is 0. The molecule has 0 aliphatic rings. The highest BCUT2D eigenvalue weighted by molar-refractivity contribution is 5.26. The second-order valence-corrected chi connectivity index (χ2v) is 3.22. The van der Waals surface area contributed by atoms with Crippen molar-refractivity contribution in [3.8, 4) is 0 Å². The standard InChI is InChI=1S/C9H8F5NO/c10-6-1-5(2-7(11)3-6)8(16,4-15)9(12,13)14/h1-3,16H,4,15H2. The van der Waals surface area contributed by atoms with Crippen molar-refractivity contribution < 1.29 is 27.1 Å². The van der Waals surface area contributed by atoms with Gasteiger partial charge in [0.25, 0.3) is 0 Å². The molecule has 0 saturated heterocycles. The predicted molar refractivity (Wildman–Crippen MR) is 45.4 cm³/mol. The lowest BCUT2D eigenvalue weighted by Gasteiger charge is -2.29. The number of alkyl halides is 3. The number of benzene rings is 1. The zero-order valence-electron chi connectivity index (χ0n) is 7.85. The molecule has 0 spiro atoms. The predicted octanol–water partition coefficient (Wildman–Crippen LogP) is 1.67. The van der Waals surface area contributed by atoms with Crippen molar-refractivity contribution >= 4 is 0 Å². The third-order valence-electron chi connectivity index (χ3n) is 2.10. The van der Waals surface area contributed by atoms with Crippen molar-refractivity contribution in [3.63, 3.8) is 0 Å². The minimum absolute atomic E-state index is 0.392. The van der Waals surface area contributed by atoms with Crippen LogP contribution in [-0.2, 0) is 5.60 Å². The van der Waals surface area contributed by atoms with Crippen molar-refractivity contribution in [2.45, 2.75) is 11.8 Å². The molecular weight excluding hydrogens is 233 g/mol. The Morgan fingerprint density at radius 1 is 1.06 bits per heavy atom. The molecule has 1 atom stereocenters. The van der Waals surface area contributed by atoms with Crippen LogP contribution in [0.1, 0.15) is 5.56 Å². The maximum absolute atomic E-state index is 12.7. The molecule has 1 aromatic carbocycles. The second kappa shape index (κ2) is 3.99. The number of rotatable bonds is 2. The van der Waals surface area contributed by atoms with Crippen molar-refractivity contribution in [2.24, 2.45) is 5.73 Å². The summed E-state index contributed by atoms with van der Waals surface area (Å²) in [4.78, 5) is 0. The molecule has 0 radical (unpaired) electrons. The molecule has 3 N–H and O–H groups in total. The van der Waals surface area contributed by atoms with Crippen LogP contribution in [0.5, 0.6) is 0 Å². The summed E-state index contributed by atoms with van der Waals surface area (Å²) in [5, 5.41) is 9.29. The summed E-state index contributed by atoms with van der Waals surface area (Å²) in [6.45, 7) is -1.22. The maximum atomic E-state index is 12.7.